The van der Waals surface area contributed by atoms with Crippen molar-refractivity contribution in [2.45, 2.75) is 39.8 Å². The van der Waals surface area contributed by atoms with Crippen molar-refractivity contribution in [3.8, 4) is 5.75 Å². The number of fused-ring (bicyclic) bond motifs is 1. The fourth-order valence-electron chi connectivity index (χ4n) is 2.15. The zero-order valence-electron chi connectivity index (χ0n) is 14.1. The fraction of sp³-hybridized carbons (Fsp3) is 0.412. The van der Waals surface area contributed by atoms with E-state index in [0.29, 0.717) is 15.8 Å². The summed E-state index contributed by atoms with van der Waals surface area (Å²) in [6.45, 7) is 7.44. The second-order valence-corrected chi connectivity index (χ2v) is 7.29. The van der Waals surface area contributed by atoms with Gasteiger partial charge in [0.2, 0.25) is 0 Å². The molecule has 0 saturated carbocycles. The van der Waals surface area contributed by atoms with Crippen molar-refractivity contribution in [2.24, 2.45) is 0 Å². The molecular weight excluding hydrogens is 330 g/mol. The molecule has 1 aromatic carbocycles. The second-order valence-electron chi connectivity index (χ2n) is 6.16. The van der Waals surface area contributed by atoms with Crippen LogP contribution < -0.4 is 5.32 Å². The molecule has 0 spiro atoms. The van der Waals surface area contributed by atoms with Gasteiger partial charge < -0.3 is 19.9 Å². The summed E-state index contributed by atoms with van der Waals surface area (Å²) in [5.41, 5.74) is -0.233. The summed E-state index contributed by atoms with van der Waals surface area (Å²) < 4.78 is 11.1. The van der Waals surface area contributed by atoms with Crippen LogP contribution in [0.5, 0.6) is 5.75 Å². The van der Waals surface area contributed by atoms with E-state index in [1.54, 1.807) is 39.8 Å². The van der Waals surface area contributed by atoms with Crippen LogP contribution in [0.1, 0.15) is 42.9 Å². The van der Waals surface area contributed by atoms with Crippen LogP contribution in [0.15, 0.2) is 18.2 Å². The molecular formula is C17H21NO5S. The summed E-state index contributed by atoms with van der Waals surface area (Å²) >= 11 is 1.36. The largest absolute Gasteiger partial charge is 0.508 e. The van der Waals surface area contributed by atoms with Gasteiger partial charge >= 0.3 is 12.1 Å². The summed E-state index contributed by atoms with van der Waals surface area (Å²) in [5.74, 6) is -0.409. The Hall–Kier alpha value is -2.28. The lowest BCUT2D eigenvalue weighted by Crippen LogP contribution is -2.32. The molecule has 0 aliphatic heterocycles. The van der Waals surface area contributed by atoms with E-state index >= 15 is 0 Å². The maximum Gasteiger partial charge on any atom is 0.407 e. The van der Waals surface area contributed by atoms with E-state index < -0.39 is 17.7 Å². The number of rotatable bonds is 4. The molecule has 1 aromatic heterocycles. The van der Waals surface area contributed by atoms with Crippen LogP contribution in [-0.4, -0.2) is 29.4 Å². The number of nitrogens with one attached hydrogen (secondary N) is 1. The smallest absolute Gasteiger partial charge is 0.407 e. The van der Waals surface area contributed by atoms with E-state index in [4.69, 9.17) is 9.47 Å². The molecule has 0 unspecified atom stereocenters. The highest BCUT2D eigenvalue weighted by molar-refractivity contribution is 7.19. The van der Waals surface area contributed by atoms with Crippen LogP contribution in [0.4, 0.5) is 4.79 Å². The maximum atomic E-state index is 12.3. The van der Waals surface area contributed by atoms with Gasteiger partial charge in [0, 0.05) is 15.0 Å². The lowest BCUT2D eigenvalue weighted by Gasteiger charge is -2.19. The average Bonchev–Trinajstić information content (AvgIpc) is 2.81. The molecule has 0 aliphatic rings. The molecule has 2 N–H and O–H groups in total. The van der Waals surface area contributed by atoms with Gasteiger partial charge in [-0.3, -0.25) is 0 Å². The first-order valence-electron chi connectivity index (χ1n) is 7.59. The molecule has 130 valence electrons. The molecule has 0 aliphatic carbocycles. The minimum Gasteiger partial charge on any atom is -0.508 e. The Kier molecular flexibility index (Phi) is 5.33. The molecule has 0 bridgehead atoms. The highest BCUT2D eigenvalue weighted by atomic mass is 32.1. The molecule has 0 atom stereocenters. The number of carbonyl (C=O) groups excluding carboxylic acids is 2. The van der Waals surface area contributed by atoms with E-state index in [0.717, 1.165) is 4.70 Å². The standard InChI is InChI=1S/C17H21NO5S/c1-5-22-15(20)14-11-8-10(19)6-7-12(11)24-13(14)9-18-16(21)23-17(2,3)4/h6-8,19H,5,9H2,1-4H3,(H,18,21). The van der Waals surface area contributed by atoms with Crippen molar-refractivity contribution in [3.05, 3.63) is 28.6 Å². The topological polar surface area (TPSA) is 84.9 Å². The average molecular weight is 351 g/mol. The van der Waals surface area contributed by atoms with E-state index in [-0.39, 0.29) is 18.9 Å². The van der Waals surface area contributed by atoms with Gasteiger partial charge in [-0.2, -0.15) is 0 Å². The van der Waals surface area contributed by atoms with Crippen molar-refractivity contribution in [3.63, 3.8) is 0 Å². The molecule has 1 amide bonds. The van der Waals surface area contributed by atoms with Crippen LogP contribution in [0.25, 0.3) is 10.1 Å². The number of amides is 1. The number of thiophene rings is 1. The Morgan fingerprint density at radius 1 is 1.29 bits per heavy atom. The van der Waals surface area contributed by atoms with Gasteiger partial charge in [0.15, 0.2) is 0 Å². The number of alkyl carbamates (subject to hydrolysis) is 1. The molecule has 6 nitrogen and oxygen atoms in total. The molecule has 0 saturated heterocycles. The van der Waals surface area contributed by atoms with Gasteiger partial charge in [-0.1, -0.05) is 0 Å². The van der Waals surface area contributed by atoms with Crippen LogP contribution in [0, 0.1) is 0 Å². The van der Waals surface area contributed by atoms with Gasteiger partial charge in [0.05, 0.1) is 18.7 Å². The van der Waals surface area contributed by atoms with Crippen molar-refractivity contribution in [1.29, 1.82) is 0 Å². The number of hydrogen-bond donors (Lipinski definition) is 2. The van der Waals surface area contributed by atoms with Gasteiger partial charge in [-0.15, -0.1) is 11.3 Å². The van der Waals surface area contributed by atoms with Crippen LogP contribution in [-0.2, 0) is 16.0 Å². The third-order valence-corrected chi connectivity index (χ3v) is 4.19. The lowest BCUT2D eigenvalue weighted by molar-refractivity contribution is 0.0505. The predicted molar refractivity (Wildman–Crippen MR) is 92.5 cm³/mol. The number of ether oxygens (including phenoxy) is 2. The third-order valence-electron chi connectivity index (χ3n) is 3.02. The van der Waals surface area contributed by atoms with Crippen molar-refractivity contribution < 1.29 is 24.2 Å². The monoisotopic (exact) mass is 351 g/mol. The molecule has 0 fully saturated rings. The van der Waals surface area contributed by atoms with Gasteiger partial charge in [-0.05, 0) is 45.9 Å². The van der Waals surface area contributed by atoms with Gasteiger partial charge in [0.25, 0.3) is 0 Å². The number of carbonyl (C=O) groups is 2. The number of phenolic OH excluding ortho intramolecular Hbond substituents is 1. The minimum absolute atomic E-state index is 0.0671. The zero-order valence-corrected chi connectivity index (χ0v) is 15.0. The predicted octanol–water partition coefficient (Wildman–Crippen LogP) is 3.81. The second kappa shape index (κ2) is 7.09. The number of esters is 1. The summed E-state index contributed by atoms with van der Waals surface area (Å²) in [4.78, 5) is 24.8. The zero-order chi connectivity index (χ0) is 17.9. The molecule has 24 heavy (non-hydrogen) atoms. The molecule has 2 aromatic rings. The lowest BCUT2D eigenvalue weighted by atomic mass is 10.1. The maximum absolute atomic E-state index is 12.3. The first-order chi connectivity index (χ1) is 11.2. The van der Waals surface area contributed by atoms with Crippen molar-refractivity contribution in [1.82, 2.24) is 5.32 Å². The number of aromatic hydroxyl groups is 1. The quantitative estimate of drug-likeness (QED) is 0.818. The summed E-state index contributed by atoms with van der Waals surface area (Å²) in [7, 11) is 0. The third kappa shape index (κ3) is 4.38. The Labute approximate surface area is 144 Å². The van der Waals surface area contributed by atoms with E-state index in [9.17, 15) is 14.7 Å². The fourth-order valence-corrected chi connectivity index (χ4v) is 3.27. The summed E-state index contributed by atoms with van der Waals surface area (Å²) in [6.07, 6.45) is -0.558. The SMILES string of the molecule is CCOC(=O)c1c(CNC(=O)OC(C)(C)C)sc2ccc(O)cc12. The first kappa shape index (κ1) is 18.1. The van der Waals surface area contributed by atoms with E-state index in [1.165, 1.54) is 17.4 Å². The van der Waals surface area contributed by atoms with Crippen LogP contribution >= 0.6 is 11.3 Å². The van der Waals surface area contributed by atoms with E-state index in [1.807, 2.05) is 0 Å². The van der Waals surface area contributed by atoms with Crippen LogP contribution in [0.2, 0.25) is 0 Å². The molecule has 1 heterocycles. The Balaban J connectivity index is 2.30. The summed E-state index contributed by atoms with van der Waals surface area (Å²) in [6, 6.07) is 4.81. The van der Waals surface area contributed by atoms with Crippen molar-refractivity contribution >= 4 is 33.5 Å². The molecule has 0 radical (unpaired) electrons. The van der Waals surface area contributed by atoms with E-state index in [2.05, 4.69) is 5.32 Å². The van der Waals surface area contributed by atoms with Gasteiger partial charge in [-0.25, -0.2) is 9.59 Å². The number of phenols is 1. The highest BCUT2D eigenvalue weighted by Crippen LogP contribution is 2.34. The van der Waals surface area contributed by atoms with Crippen molar-refractivity contribution in [2.75, 3.05) is 6.61 Å². The number of benzene rings is 1. The minimum atomic E-state index is -0.597. The van der Waals surface area contributed by atoms with Gasteiger partial charge in [0.1, 0.15) is 11.4 Å². The highest BCUT2D eigenvalue weighted by Gasteiger charge is 2.22. The Bertz CT molecular complexity index is 760. The molecule has 7 heteroatoms. The summed E-state index contributed by atoms with van der Waals surface area (Å²) in [5, 5.41) is 12.9. The molecule has 2 rings (SSSR count). The number of hydrogen-bond acceptors (Lipinski definition) is 6. The normalized spacial score (nSPS) is 11.3. The van der Waals surface area contributed by atoms with Crippen LogP contribution in [0.3, 0.4) is 0 Å². The Morgan fingerprint density at radius 2 is 2.00 bits per heavy atom. The first-order valence-corrected chi connectivity index (χ1v) is 8.41. The Morgan fingerprint density at radius 3 is 2.62 bits per heavy atom.